The van der Waals surface area contributed by atoms with Crippen LogP contribution in [0.4, 0.5) is 23.1 Å². The highest BCUT2D eigenvalue weighted by atomic mass is 16.5. The third kappa shape index (κ3) is 4.27. The molecule has 0 aliphatic carbocycles. The highest BCUT2D eigenvalue weighted by Gasteiger charge is 2.12. The Balaban J connectivity index is 1.57. The van der Waals surface area contributed by atoms with E-state index in [9.17, 15) is 0 Å². The smallest absolute Gasteiger partial charge is 0.246 e. The number of aromatic amines is 1. The molecule has 0 radical (unpaired) electrons. The van der Waals surface area contributed by atoms with Gasteiger partial charge in [-0.1, -0.05) is 12.1 Å². The van der Waals surface area contributed by atoms with Crippen molar-refractivity contribution in [2.24, 2.45) is 0 Å². The van der Waals surface area contributed by atoms with Gasteiger partial charge < -0.3 is 20.1 Å². The monoisotopic (exact) mass is 388 g/mol. The summed E-state index contributed by atoms with van der Waals surface area (Å²) in [6.45, 7) is 0. The van der Waals surface area contributed by atoms with Crippen molar-refractivity contribution >= 4 is 23.1 Å². The first kappa shape index (κ1) is 18.3. The first-order chi connectivity index (χ1) is 14.2. The van der Waals surface area contributed by atoms with Gasteiger partial charge in [-0.3, -0.25) is 5.10 Å². The number of anilines is 4. The van der Waals surface area contributed by atoms with Crippen LogP contribution in [0.5, 0.6) is 11.5 Å². The molecule has 4 aromatic rings. The highest BCUT2D eigenvalue weighted by Crippen LogP contribution is 2.28. The zero-order valence-electron chi connectivity index (χ0n) is 16.0. The molecule has 0 saturated heterocycles. The Bertz CT molecular complexity index is 1110. The highest BCUT2D eigenvalue weighted by molar-refractivity contribution is 5.75. The number of rotatable bonds is 7. The number of methoxy groups -OCH3 is 2. The van der Waals surface area contributed by atoms with Crippen LogP contribution < -0.4 is 20.1 Å². The van der Waals surface area contributed by atoms with Gasteiger partial charge in [0.05, 0.1) is 19.8 Å². The summed E-state index contributed by atoms with van der Waals surface area (Å²) in [5.41, 5.74) is 2.48. The number of pyridine rings is 1. The number of H-pyrrole nitrogens is 1. The molecular weight excluding hydrogens is 368 g/mol. The molecule has 0 bridgehead atoms. The van der Waals surface area contributed by atoms with E-state index in [0.717, 1.165) is 28.4 Å². The van der Waals surface area contributed by atoms with Gasteiger partial charge in [0.25, 0.3) is 0 Å². The minimum Gasteiger partial charge on any atom is -0.497 e. The van der Waals surface area contributed by atoms with E-state index in [4.69, 9.17) is 9.47 Å². The van der Waals surface area contributed by atoms with E-state index in [1.807, 2.05) is 60.7 Å². The van der Waals surface area contributed by atoms with Gasteiger partial charge in [-0.2, -0.15) is 4.98 Å². The summed E-state index contributed by atoms with van der Waals surface area (Å²) in [6, 6.07) is 19.0. The summed E-state index contributed by atoms with van der Waals surface area (Å²) in [7, 11) is 3.26. The molecule has 0 fully saturated rings. The van der Waals surface area contributed by atoms with Crippen molar-refractivity contribution in [1.82, 2.24) is 20.2 Å². The molecule has 2 aromatic heterocycles. The predicted molar refractivity (Wildman–Crippen MR) is 112 cm³/mol. The van der Waals surface area contributed by atoms with Crippen molar-refractivity contribution in [2.45, 2.75) is 0 Å². The second-order valence-corrected chi connectivity index (χ2v) is 6.12. The number of hydrogen-bond acceptors (Lipinski definition) is 7. The van der Waals surface area contributed by atoms with Crippen molar-refractivity contribution in [3.8, 4) is 22.9 Å². The minimum atomic E-state index is 0.449. The Kier molecular flexibility index (Phi) is 5.24. The van der Waals surface area contributed by atoms with Crippen LogP contribution in [0, 0.1) is 0 Å². The normalized spacial score (nSPS) is 10.4. The molecule has 0 aliphatic heterocycles. The number of aromatic nitrogens is 4. The minimum absolute atomic E-state index is 0.449. The lowest BCUT2D eigenvalue weighted by atomic mass is 10.2. The van der Waals surface area contributed by atoms with Crippen molar-refractivity contribution in [3.05, 3.63) is 66.9 Å². The average Bonchev–Trinajstić information content (AvgIpc) is 3.22. The Labute approximate surface area is 167 Å². The maximum absolute atomic E-state index is 5.28. The summed E-state index contributed by atoms with van der Waals surface area (Å²) in [5.74, 6) is 3.21. The summed E-state index contributed by atoms with van der Waals surface area (Å²) in [6.07, 6.45) is 1.72. The van der Waals surface area contributed by atoms with Gasteiger partial charge in [-0.05, 0) is 36.4 Å². The number of hydrogen-bond donors (Lipinski definition) is 3. The van der Waals surface area contributed by atoms with Crippen LogP contribution in [-0.2, 0) is 0 Å². The summed E-state index contributed by atoms with van der Waals surface area (Å²) >= 11 is 0. The van der Waals surface area contributed by atoms with E-state index in [1.165, 1.54) is 0 Å². The van der Waals surface area contributed by atoms with E-state index < -0.39 is 0 Å². The van der Waals surface area contributed by atoms with Gasteiger partial charge in [0.2, 0.25) is 5.95 Å². The van der Waals surface area contributed by atoms with Crippen LogP contribution in [0.25, 0.3) is 11.4 Å². The SMILES string of the molecule is COc1cccc(Nc2n[nH]c(-c3cccnc3Nc3cccc(OC)c3)n2)c1. The van der Waals surface area contributed by atoms with E-state index in [2.05, 4.69) is 30.8 Å². The van der Waals surface area contributed by atoms with E-state index >= 15 is 0 Å². The molecule has 146 valence electrons. The number of nitrogens with one attached hydrogen (secondary N) is 3. The second-order valence-electron chi connectivity index (χ2n) is 6.12. The fourth-order valence-corrected chi connectivity index (χ4v) is 2.80. The van der Waals surface area contributed by atoms with E-state index in [0.29, 0.717) is 17.6 Å². The summed E-state index contributed by atoms with van der Waals surface area (Å²) < 4.78 is 10.5. The van der Waals surface area contributed by atoms with Crippen LogP contribution >= 0.6 is 0 Å². The van der Waals surface area contributed by atoms with Gasteiger partial charge in [-0.15, -0.1) is 5.10 Å². The molecule has 0 spiro atoms. The fourth-order valence-electron chi connectivity index (χ4n) is 2.80. The van der Waals surface area contributed by atoms with Crippen molar-refractivity contribution < 1.29 is 9.47 Å². The lowest BCUT2D eigenvalue weighted by Crippen LogP contribution is -1.97. The van der Waals surface area contributed by atoms with Crippen LogP contribution in [-0.4, -0.2) is 34.4 Å². The van der Waals surface area contributed by atoms with Crippen LogP contribution in [0.3, 0.4) is 0 Å². The van der Waals surface area contributed by atoms with E-state index in [-0.39, 0.29) is 0 Å². The quantitative estimate of drug-likeness (QED) is 0.432. The van der Waals surface area contributed by atoms with Crippen LogP contribution in [0.15, 0.2) is 66.9 Å². The number of nitrogens with zero attached hydrogens (tertiary/aromatic N) is 3. The van der Waals surface area contributed by atoms with Gasteiger partial charge in [-0.25, -0.2) is 4.98 Å². The van der Waals surface area contributed by atoms with Gasteiger partial charge in [0.15, 0.2) is 5.82 Å². The van der Waals surface area contributed by atoms with Gasteiger partial charge in [0.1, 0.15) is 17.3 Å². The van der Waals surface area contributed by atoms with Crippen molar-refractivity contribution in [1.29, 1.82) is 0 Å². The molecule has 8 nitrogen and oxygen atoms in total. The van der Waals surface area contributed by atoms with Gasteiger partial charge >= 0.3 is 0 Å². The molecule has 29 heavy (non-hydrogen) atoms. The third-order valence-electron chi connectivity index (χ3n) is 4.21. The molecular formula is C21H20N6O2. The largest absolute Gasteiger partial charge is 0.497 e. The second kappa shape index (κ2) is 8.30. The molecule has 0 atom stereocenters. The first-order valence-electron chi connectivity index (χ1n) is 8.95. The maximum atomic E-state index is 5.28. The molecule has 2 heterocycles. The zero-order valence-corrected chi connectivity index (χ0v) is 16.0. The van der Waals surface area contributed by atoms with E-state index in [1.54, 1.807) is 20.4 Å². The zero-order chi connectivity index (χ0) is 20.1. The fraction of sp³-hybridized carbons (Fsp3) is 0.0952. The Morgan fingerprint density at radius 2 is 1.52 bits per heavy atom. The molecule has 0 unspecified atom stereocenters. The molecule has 0 aliphatic rings. The van der Waals surface area contributed by atoms with Crippen LogP contribution in [0.2, 0.25) is 0 Å². The molecule has 0 amide bonds. The van der Waals surface area contributed by atoms with Crippen LogP contribution in [0.1, 0.15) is 0 Å². The Hall–Kier alpha value is -4.07. The first-order valence-corrected chi connectivity index (χ1v) is 8.95. The maximum Gasteiger partial charge on any atom is 0.246 e. The Morgan fingerprint density at radius 3 is 2.21 bits per heavy atom. The lowest BCUT2D eigenvalue weighted by Gasteiger charge is -2.10. The Morgan fingerprint density at radius 1 is 0.828 bits per heavy atom. The standard InChI is InChI=1S/C21H20N6O2/c1-28-16-8-3-6-14(12-16)23-19-18(10-5-11-22-19)20-25-21(27-26-20)24-15-7-4-9-17(13-15)29-2/h3-13H,1-2H3,(H,22,23)(H2,24,25,26,27). The lowest BCUT2D eigenvalue weighted by molar-refractivity contribution is 0.415. The molecule has 3 N–H and O–H groups in total. The topological polar surface area (TPSA) is 97.0 Å². The summed E-state index contributed by atoms with van der Waals surface area (Å²) in [5, 5.41) is 13.7. The third-order valence-corrected chi connectivity index (χ3v) is 4.21. The number of benzene rings is 2. The summed E-state index contributed by atoms with van der Waals surface area (Å²) in [4.78, 5) is 8.99. The molecule has 4 rings (SSSR count). The predicted octanol–water partition coefficient (Wildman–Crippen LogP) is 4.37. The molecule has 2 aromatic carbocycles. The molecule has 0 saturated carbocycles. The average molecular weight is 388 g/mol. The van der Waals surface area contributed by atoms with Gasteiger partial charge in [0, 0.05) is 29.7 Å². The number of ether oxygens (including phenoxy) is 2. The van der Waals surface area contributed by atoms with Crippen molar-refractivity contribution in [3.63, 3.8) is 0 Å². The van der Waals surface area contributed by atoms with Crippen molar-refractivity contribution in [2.75, 3.05) is 24.9 Å². The molecule has 8 heteroatoms.